The highest BCUT2D eigenvalue weighted by Crippen LogP contribution is 2.41. The number of amides is 2. The molecule has 30 heavy (non-hydrogen) atoms. The minimum absolute atomic E-state index is 0.0133. The van der Waals surface area contributed by atoms with Gasteiger partial charge in [-0.05, 0) is 36.6 Å². The molecule has 3 aromatic rings. The van der Waals surface area contributed by atoms with E-state index in [0.717, 1.165) is 22.2 Å². The standard InChI is InChI=1S/C24H26N4O2/c1-2-21(29)25-20-14-22(30)28(24(20)16-7-4-3-5-8-16)17-11-12-18-19(13-17)26-27-23(18)15-9-6-10-15/h3-5,7-8,11-13,15,20,24H,2,6,9-10,14H2,1H3,(H,25,29)(H,26,27). The third-order valence-corrected chi connectivity index (χ3v) is 6.49. The molecule has 1 aromatic heterocycles. The zero-order valence-electron chi connectivity index (χ0n) is 17.1. The van der Waals surface area contributed by atoms with E-state index in [1.165, 1.54) is 25.0 Å². The first-order chi connectivity index (χ1) is 14.7. The fourth-order valence-corrected chi connectivity index (χ4v) is 4.69. The summed E-state index contributed by atoms with van der Waals surface area (Å²) in [6.07, 6.45) is 4.37. The number of rotatable bonds is 5. The summed E-state index contributed by atoms with van der Waals surface area (Å²) in [4.78, 5) is 27.0. The van der Waals surface area contributed by atoms with Gasteiger partial charge in [-0.3, -0.25) is 14.7 Å². The lowest BCUT2D eigenvalue weighted by molar-refractivity contribution is -0.121. The highest BCUT2D eigenvalue weighted by molar-refractivity contribution is 6.00. The Balaban J connectivity index is 1.53. The molecule has 1 saturated carbocycles. The number of hydrogen-bond acceptors (Lipinski definition) is 3. The van der Waals surface area contributed by atoms with Gasteiger partial charge in [-0.1, -0.05) is 43.7 Å². The zero-order valence-corrected chi connectivity index (χ0v) is 17.1. The fraction of sp³-hybridized carbons (Fsp3) is 0.375. The molecule has 5 rings (SSSR count). The van der Waals surface area contributed by atoms with Gasteiger partial charge in [0.05, 0.1) is 17.6 Å². The van der Waals surface area contributed by atoms with E-state index < -0.39 is 0 Å². The molecule has 0 bridgehead atoms. The van der Waals surface area contributed by atoms with Crippen LogP contribution in [0.2, 0.25) is 0 Å². The van der Waals surface area contributed by atoms with Crippen molar-refractivity contribution in [3.05, 3.63) is 59.8 Å². The molecule has 2 N–H and O–H groups in total. The van der Waals surface area contributed by atoms with E-state index >= 15 is 0 Å². The number of H-pyrrole nitrogens is 1. The van der Waals surface area contributed by atoms with Gasteiger partial charge in [0.15, 0.2) is 0 Å². The van der Waals surface area contributed by atoms with Gasteiger partial charge in [-0.15, -0.1) is 0 Å². The maximum absolute atomic E-state index is 13.1. The van der Waals surface area contributed by atoms with E-state index in [4.69, 9.17) is 0 Å². The molecule has 6 heteroatoms. The Hall–Kier alpha value is -3.15. The number of anilines is 1. The predicted octanol–water partition coefficient (Wildman–Crippen LogP) is 4.20. The molecule has 154 valence electrons. The first kappa shape index (κ1) is 18.9. The lowest BCUT2D eigenvalue weighted by Crippen LogP contribution is -2.39. The molecule has 0 radical (unpaired) electrons. The van der Waals surface area contributed by atoms with E-state index in [1.807, 2.05) is 54.3 Å². The summed E-state index contributed by atoms with van der Waals surface area (Å²) in [5.41, 5.74) is 3.93. The molecule has 2 aromatic carbocycles. The van der Waals surface area contributed by atoms with Crippen molar-refractivity contribution in [1.82, 2.24) is 15.5 Å². The van der Waals surface area contributed by atoms with Crippen molar-refractivity contribution < 1.29 is 9.59 Å². The molecule has 0 spiro atoms. The number of carbonyl (C=O) groups is 2. The molecular formula is C24H26N4O2. The van der Waals surface area contributed by atoms with Gasteiger partial charge in [0.2, 0.25) is 11.8 Å². The second kappa shape index (κ2) is 7.59. The first-order valence-corrected chi connectivity index (χ1v) is 10.8. The average Bonchev–Trinajstić information content (AvgIpc) is 3.27. The SMILES string of the molecule is CCC(=O)NC1CC(=O)N(c2ccc3c(C4CCC4)[nH]nc3c2)C1c1ccccc1. The van der Waals surface area contributed by atoms with E-state index in [0.29, 0.717) is 12.3 Å². The lowest BCUT2D eigenvalue weighted by atomic mass is 9.82. The van der Waals surface area contributed by atoms with Crippen LogP contribution in [0.5, 0.6) is 0 Å². The number of aromatic amines is 1. The molecule has 2 heterocycles. The molecule has 2 amide bonds. The minimum Gasteiger partial charge on any atom is -0.350 e. The van der Waals surface area contributed by atoms with E-state index in [9.17, 15) is 9.59 Å². The Kier molecular flexibility index (Phi) is 4.77. The Morgan fingerprint density at radius 2 is 2.00 bits per heavy atom. The van der Waals surface area contributed by atoms with E-state index in [1.54, 1.807) is 0 Å². The highest BCUT2D eigenvalue weighted by atomic mass is 16.2. The van der Waals surface area contributed by atoms with Crippen LogP contribution < -0.4 is 10.2 Å². The second-order valence-electron chi connectivity index (χ2n) is 8.32. The van der Waals surface area contributed by atoms with Crippen molar-refractivity contribution in [2.24, 2.45) is 0 Å². The third-order valence-electron chi connectivity index (χ3n) is 6.49. The Morgan fingerprint density at radius 3 is 2.70 bits per heavy atom. The Labute approximate surface area is 175 Å². The van der Waals surface area contributed by atoms with E-state index in [-0.39, 0.29) is 30.3 Å². The molecule has 1 aliphatic heterocycles. The van der Waals surface area contributed by atoms with Gasteiger partial charge in [-0.25, -0.2) is 0 Å². The molecule has 2 aliphatic rings. The molecule has 1 saturated heterocycles. The molecule has 2 unspecified atom stereocenters. The smallest absolute Gasteiger partial charge is 0.229 e. The van der Waals surface area contributed by atoms with Crippen molar-refractivity contribution in [3.8, 4) is 0 Å². The van der Waals surface area contributed by atoms with Gasteiger partial charge in [0, 0.05) is 35.5 Å². The number of carbonyl (C=O) groups excluding carboxylic acids is 2. The maximum atomic E-state index is 13.1. The van der Waals surface area contributed by atoms with Crippen LogP contribution in [0.15, 0.2) is 48.5 Å². The Morgan fingerprint density at radius 1 is 1.20 bits per heavy atom. The number of nitrogens with zero attached hydrogens (tertiary/aromatic N) is 2. The summed E-state index contributed by atoms with van der Waals surface area (Å²) in [5.74, 6) is 0.544. The van der Waals surface area contributed by atoms with Crippen LogP contribution in [0.1, 0.15) is 62.2 Å². The number of nitrogens with one attached hydrogen (secondary N) is 2. The normalized spacial score (nSPS) is 21.8. The minimum atomic E-state index is -0.257. The fourth-order valence-electron chi connectivity index (χ4n) is 4.69. The van der Waals surface area contributed by atoms with Gasteiger partial charge in [0.25, 0.3) is 0 Å². The quantitative estimate of drug-likeness (QED) is 0.671. The summed E-state index contributed by atoms with van der Waals surface area (Å²) >= 11 is 0. The average molecular weight is 402 g/mol. The number of fused-ring (bicyclic) bond motifs is 1. The van der Waals surface area contributed by atoms with E-state index in [2.05, 4.69) is 21.6 Å². The van der Waals surface area contributed by atoms with Crippen molar-refractivity contribution in [3.63, 3.8) is 0 Å². The van der Waals surface area contributed by atoms with Gasteiger partial charge >= 0.3 is 0 Å². The number of hydrogen-bond donors (Lipinski definition) is 2. The van der Waals surface area contributed by atoms with Crippen LogP contribution in [0.4, 0.5) is 5.69 Å². The van der Waals surface area contributed by atoms with Crippen LogP contribution in [0.3, 0.4) is 0 Å². The molecule has 2 atom stereocenters. The monoisotopic (exact) mass is 402 g/mol. The van der Waals surface area contributed by atoms with Crippen LogP contribution >= 0.6 is 0 Å². The van der Waals surface area contributed by atoms with Crippen LogP contribution in [0, 0.1) is 0 Å². The van der Waals surface area contributed by atoms with Crippen molar-refractivity contribution >= 4 is 28.4 Å². The first-order valence-electron chi connectivity index (χ1n) is 10.8. The van der Waals surface area contributed by atoms with Crippen LogP contribution in [-0.2, 0) is 9.59 Å². The van der Waals surface area contributed by atoms with Crippen molar-refractivity contribution in [2.75, 3.05) is 4.90 Å². The summed E-state index contributed by atoms with van der Waals surface area (Å²) in [5, 5.41) is 11.9. The number of benzene rings is 2. The van der Waals surface area contributed by atoms with Gasteiger partial charge in [0.1, 0.15) is 0 Å². The summed E-state index contributed by atoms with van der Waals surface area (Å²) < 4.78 is 0. The molecule has 6 nitrogen and oxygen atoms in total. The Bertz CT molecular complexity index is 1090. The summed E-state index contributed by atoms with van der Waals surface area (Å²) in [7, 11) is 0. The zero-order chi connectivity index (χ0) is 20.7. The van der Waals surface area contributed by atoms with Gasteiger partial charge < -0.3 is 10.2 Å². The second-order valence-corrected chi connectivity index (χ2v) is 8.32. The van der Waals surface area contributed by atoms with Crippen LogP contribution in [-0.4, -0.2) is 28.1 Å². The highest BCUT2D eigenvalue weighted by Gasteiger charge is 2.42. The summed E-state index contributed by atoms with van der Waals surface area (Å²) in [6, 6.07) is 15.5. The number of aromatic nitrogens is 2. The van der Waals surface area contributed by atoms with Crippen LogP contribution in [0.25, 0.3) is 10.9 Å². The molecular weight excluding hydrogens is 376 g/mol. The largest absolute Gasteiger partial charge is 0.350 e. The maximum Gasteiger partial charge on any atom is 0.229 e. The molecule has 1 aliphatic carbocycles. The lowest BCUT2D eigenvalue weighted by Gasteiger charge is -2.29. The third kappa shape index (κ3) is 3.16. The van der Waals surface area contributed by atoms with Crippen molar-refractivity contribution in [1.29, 1.82) is 0 Å². The van der Waals surface area contributed by atoms with Gasteiger partial charge in [-0.2, -0.15) is 5.10 Å². The topological polar surface area (TPSA) is 78.1 Å². The van der Waals surface area contributed by atoms with Crippen molar-refractivity contribution in [2.45, 2.75) is 57.0 Å². The summed E-state index contributed by atoms with van der Waals surface area (Å²) in [6.45, 7) is 1.83. The predicted molar refractivity (Wildman–Crippen MR) is 116 cm³/mol. The molecule has 2 fully saturated rings.